The molecule has 3 heterocycles. The van der Waals surface area contributed by atoms with Gasteiger partial charge in [0.05, 0.1) is 24.4 Å². The van der Waals surface area contributed by atoms with E-state index < -0.39 is 17.6 Å². The van der Waals surface area contributed by atoms with Crippen molar-refractivity contribution in [2.45, 2.75) is 121 Å². The zero-order chi connectivity index (χ0) is 40.4. The van der Waals surface area contributed by atoms with Gasteiger partial charge < -0.3 is 45.3 Å². The van der Waals surface area contributed by atoms with Crippen molar-refractivity contribution in [3.63, 3.8) is 0 Å². The number of esters is 1. The molecule has 4 bridgehead atoms. The van der Waals surface area contributed by atoms with Crippen LogP contribution < -0.4 is 20.5 Å². The summed E-state index contributed by atoms with van der Waals surface area (Å²) in [4.78, 5) is 20.9. The number of benzene rings is 2. The van der Waals surface area contributed by atoms with E-state index >= 15 is 0 Å². The molecule has 0 radical (unpaired) electrons. The van der Waals surface area contributed by atoms with Crippen LogP contribution in [0.2, 0.25) is 0 Å². The molecule has 0 amide bonds. The third-order valence-electron chi connectivity index (χ3n) is 11.5. The van der Waals surface area contributed by atoms with Gasteiger partial charge in [-0.25, -0.2) is 0 Å². The van der Waals surface area contributed by atoms with E-state index in [-0.39, 0.29) is 53.3 Å². The first kappa shape index (κ1) is 42.6. The molecule has 2 aliphatic heterocycles. The molecule has 2 aromatic carbocycles. The van der Waals surface area contributed by atoms with E-state index in [4.69, 9.17) is 24.7 Å². The van der Waals surface area contributed by atoms with Gasteiger partial charge >= 0.3 is 5.97 Å². The first-order valence-electron chi connectivity index (χ1n) is 20.1. The molecule has 1 saturated heterocycles. The molecule has 6 atom stereocenters. The lowest BCUT2D eigenvalue weighted by molar-refractivity contribution is -0.173. The lowest BCUT2D eigenvalue weighted by Gasteiger charge is -2.47. The van der Waals surface area contributed by atoms with E-state index in [1.54, 1.807) is 31.6 Å². The summed E-state index contributed by atoms with van der Waals surface area (Å²) in [5.41, 5.74) is 8.14. The van der Waals surface area contributed by atoms with Crippen LogP contribution in [0.15, 0.2) is 59.9 Å². The summed E-state index contributed by atoms with van der Waals surface area (Å²) in [5.74, 6) is 1.58. The summed E-state index contributed by atoms with van der Waals surface area (Å²) >= 11 is 0. The van der Waals surface area contributed by atoms with Gasteiger partial charge in [-0.3, -0.25) is 14.8 Å². The molecule has 310 valence electrons. The largest absolute Gasteiger partial charge is 0.504 e. The lowest BCUT2D eigenvalue weighted by atomic mass is 9.71. The standard InChI is InChI=1S/C43H58N4O8S2/c1-4-5-6-14-42(23-30-11-12-34(49)37(18-30)54-32-10-7-15-43(24-32,27-57-56-26-42)47-41(44)45-3)39-22-33(53-28(2)48)21-36(55-39)31-19-35(50)40(51)38(20-31)52-17-13-29-9-8-16-46-25-29/h8-9,11-12,16,18-20,25,32-33,36,39,49-51H,4-7,10,13-15,17,21-24,26-27H2,1-3H3,(H3,44,45,47)/t32-,33-,36-,39+,42-,43+/m0/s1. The molecule has 6 N–H and O–H groups in total. The first-order chi connectivity index (χ1) is 27.5. The monoisotopic (exact) mass is 822 g/mol. The van der Waals surface area contributed by atoms with E-state index in [0.29, 0.717) is 49.4 Å². The maximum atomic E-state index is 12.5. The Balaban J connectivity index is 1.36. The Labute approximate surface area is 344 Å². The van der Waals surface area contributed by atoms with Crippen LogP contribution in [0.5, 0.6) is 28.7 Å². The molecule has 6 rings (SSSR count). The van der Waals surface area contributed by atoms with E-state index in [1.807, 2.05) is 45.9 Å². The van der Waals surface area contributed by atoms with Crippen molar-refractivity contribution in [3.8, 4) is 28.7 Å². The molecule has 0 unspecified atom stereocenters. The maximum absolute atomic E-state index is 12.5. The Morgan fingerprint density at radius 1 is 1.11 bits per heavy atom. The predicted molar refractivity (Wildman–Crippen MR) is 225 cm³/mol. The third kappa shape index (κ3) is 11.1. The number of ether oxygens (including phenoxy) is 4. The molecule has 57 heavy (non-hydrogen) atoms. The molecule has 0 spiro atoms. The minimum atomic E-state index is -0.577. The number of rotatable bonds is 12. The number of unbranched alkanes of at least 4 members (excludes halogenated alkanes) is 2. The topological polar surface area (TPSA) is 178 Å². The number of carbonyl (C=O) groups excluding carboxylic acids is 1. The van der Waals surface area contributed by atoms with Gasteiger partial charge in [-0.2, -0.15) is 0 Å². The average Bonchev–Trinajstić information content (AvgIpc) is 3.19. The number of aliphatic imine (C=N–C) groups is 1. The van der Waals surface area contributed by atoms with Gasteiger partial charge in [0.25, 0.3) is 0 Å². The van der Waals surface area contributed by atoms with E-state index in [0.717, 1.165) is 67.6 Å². The van der Waals surface area contributed by atoms with Gasteiger partial charge in [-0.1, -0.05) is 59.9 Å². The molecular formula is C43H58N4O8S2. The van der Waals surface area contributed by atoms with Crippen molar-refractivity contribution >= 4 is 33.5 Å². The number of nitrogens with one attached hydrogen (secondary N) is 1. The minimum Gasteiger partial charge on any atom is -0.504 e. The Hall–Kier alpha value is -4.01. The summed E-state index contributed by atoms with van der Waals surface area (Å²) in [5, 5.41) is 36.4. The first-order valence-corrected chi connectivity index (χ1v) is 22.6. The lowest BCUT2D eigenvalue weighted by Crippen LogP contribution is -2.57. The fraction of sp³-hybridized carbons (Fsp3) is 0.558. The Morgan fingerprint density at radius 2 is 1.95 bits per heavy atom. The molecule has 12 nitrogen and oxygen atoms in total. The minimum absolute atomic E-state index is 0.0993. The number of hydrogen-bond acceptors (Lipinski definition) is 12. The number of pyridine rings is 1. The number of guanidine groups is 1. The van der Waals surface area contributed by atoms with Crippen molar-refractivity contribution in [2.24, 2.45) is 16.1 Å². The van der Waals surface area contributed by atoms with Gasteiger partial charge in [0.15, 0.2) is 29.0 Å². The van der Waals surface area contributed by atoms with Crippen LogP contribution in [0, 0.1) is 5.41 Å². The summed E-state index contributed by atoms with van der Waals surface area (Å²) in [6.45, 7) is 3.88. The number of aromatic nitrogens is 1. The zero-order valence-electron chi connectivity index (χ0n) is 33.3. The molecule has 1 aromatic heterocycles. The predicted octanol–water partition coefficient (Wildman–Crippen LogP) is 7.77. The average molecular weight is 823 g/mol. The number of nitrogens with zero attached hydrogens (tertiary/aromatic N) is 2. The van der Waals surface area contributed by atoms with Gasteiger partial charge in [0.2, 0.25) is 5.75 Å². The van der Waals surface area contributed by atoms with Gasteiger partial charge in [0, 0.05) is 69.0 Å². The number of fused-ring (bicyclic) bond motifs is 4. The van der Waals surface area contributed by atoms with Crippen molar-refractivity contribution < 1.29 is 39.1 Å². The summed E-state index contributed by atoms with van der Waals surface area (Å²) in [6.07, 6.45) is 11.4. The van der Waals surface area contributed by atoms with E-state index in [1.165, 1.54) is 13.0 Å². The molecule has 2 fully saturated rings. The van der Waals surface area contributed by atoms with E-state index in [9.17, 15) is 20.1 Å². The van der Waals surface area contributed by atoms with Crippen molar-refractivity contribution in [1.29, 1.82) is 0 Å². The number of nitrogens with two attached hydrogens (primary N) is 1. The highest BCUT2D eigenvalue weighted by molar-refractivity contribution is 8.76. The number of phenols is 3. The van der Waals surface area contributed by atoms with Crippen molar-refractivity contribution in [3.05, 3.63) is 71.5 Å². The Bertz CT molecular complexity index is 1840. The van der Waals surface area contributed by atoms with Crippen molar-refractivity contribution in [1.82, 2.24) is 10.3 Å². The Morgan fingerprint density at radius 3 is 2.72 bits per heavy atom. The summed E-state index contributed by atoms with van der Waals surface area (Å²) in [6, 6.07) is 12.7. The van der Waals surface area contributed by atoms with Crippen LogP contribution in [-0.4, -0.2) is 81.2 Å². The number of carbonyl (C=O) groups is 1. The second-order valence-electron chi connectivity index (χ2n) is 15.8. The van der Waals surface area contributed by atoms with Crippen LogP contribution in [-0.2, 0) is 27.1 Å². The molecule has 14 heteroatoms. The van der Waals surface area contributed by atoms with Gasteiger partial charge in [-0.15, -0.1) is 0 Å². The van der Waals surface area contributed by atoms with E-state index in [2.05, 4.69) is 22.2 Å². The highest BCUT2D eigenvalue weighted by Gasteiger charge is 2.47. The smallest absolute Gasteiger partial charge is 0.302 e. The number of aromatic hydroxyl groups is 3. The fourth-order valence-corrected chi connectivity index (χ4v) is 11.8. The normalized spacial score (nSPS) is 26.8. The third-order valence-corrected chi connectivity index (χ3v) is 14.2. The molecule has 1 saturated carbocycles. The zero-order valence-corrected chi connectivity index (χ0v) is 34.9. The van der Waals surface area contributed by atoms with Crippen molar-refractivity contribution in [2.75, 3.05) is 25.2 Å². The number of phenolic OH excluding ortho intramolecular Hbond substituents is 3. The van der Waals surface area contributed by atoms with Crippen LogP contribution in [0.1, 0.15) is 101 Å². The van der Waals surface area contributed by atoms with Crippen LogP contribution >= 0.6 is 21.6 Å². The molecule has 3 aromatic rings. The highest BCUT2D eigenvalue weighted by atomic mass is 33.1. The maximum Gasteiger partial charge on any atom is 0.302 e. The van der Waals surface area contributed by atoms with Gasteiger partial charge in [-0.05, 0) is 79.1 Å². The van der Waals surface area contributed by atoms with Crippen LogP contribution in [0.3, 0.4) is 0 Å². The van der Waals surface area contributed by atoms with Crippen LogP contribution in [0.4, 0.5) is 0 Å². The van der Waals surface area contributed by atoms with Crippen LogP contribution in [0.25, 0.3) is 0 Å². The molecule has 3 aliphatic rings. The summed E-state index contributed by atoms with van der Waals surface area (Å²) < 4.78 is 25.8. The number of hydrogen-bond donors (Lipinski definition) is 5. The summed E-state index contributed by atoms with van der Waals surface area (Å²) in [7, 11) is 5.32. The second kappa shape index (κ2) is 19.6. The molecule has 1 aliphatic carbocycles. The quantitative estimate of drug-likeness (QED) is 0.0299. The SMILES string of the molecule is CCCCC[C@@]1([C@H]2C[C@@H](OC(C)=O)C[C@@H](c3cc(O)c(O)c(OCCc4cccnc4)c3)O2)CSSC[C@@]2(NC(N)=NC)CCC[C@@H](C2)Oc2cc(ccc2O)C1. The highest BCUT2D eigenvalue weighted by Crippen LogP contribution is 2.50. The second-order valence-corrected chi connectivity index (χ2v) is 18.3. The fourth-order valence-electron chi connectivity index (χ4n) is 8.54. The van der Waals surface area contributed by atoms with Gasteiger partial charge in [0.1, 0.15) is 12.2 Å². The molecular weight excluding hydrogens is 765 g/mol. The Kier molecular flexibility index (Phi) is 14.7.